The summed E-state index contributed by atoms with van der Waals surface area (Å²) in [5.41, 5.74) is 2.24. The molecule has 27 heavy (non-hydrogen) atoms. The molecule has 1 aromatic heterocycles. The lowest BCUT2D eigenvalue weighted by Crippen LogP contribution is -2.48. The van der Waals surface area contributed by atoms with Crippen LogP contribution in [0.25, 0.3) is 0 Å². The van der Waals surface area contributed by atoms with E-state index in [1.165, 1.54) is 18.5 Å². The third kappa shape index (κ3) is 5.51. The van der Waals surface area contributed by atoms with E-state index in [0.717, 1.165) is 18.7 Å². The summed E-state index contributed by atoms with van der Waals surface area (Å²) < 4.78 is 5.16. The maximum absolute atomic E-state index is 12.0. The second-order valence-electron chi connectivity index (χ2n) is 6.71. The Hall–Kier alpha value is -2.96. The van der Waals surface area contributed by atoms with E-state index in [0.29, 0.717) is 18.8 Å². The van der Waals surface area contributed by atoms with Crippen LogP contribution in [0.2, 0.25) is 0 Å². The van der Waals surface area contributed by atoms with Crippen LogP contribution in [0.15, 0.2) is 47.1 Å². The average molecular weight is 370 g/mol. The van der Waals surface area contributed by atoms with Crippen molar-refractivity contribution in [2.45, 2.75) is 38.9 Å². The molecular formula is C20H26N4O3. The van der Waals surface area contributed by atoms with E-state index in [1.807, 2.05) is 12.1 Å². The van der Waals surface area contributed by atoms with Crippen molar-refractivity contribution in [3.63, 3.8) is 0 Å². The molecule has 1 fully saturated rings. The molecule has 0 spiro atoms. The van der Waals surface area contributed by atoms with Crippen molar-refractivity contribution in [1.29, 1.82) is 0 Å². The van der Waals surface area contributed by atoms with Crippen LogP contribution in [0.5, 0.6) is 0 Å². The molecule has 0 radical (unpaired) electrons. The van der Waals surface area contributed by atoms with E-state index in [-0.39, 0.29) is 11.9 Å². The highest BCUT2D eigenvalue weighted by atomic mass is 16.3. The first-order chi connectivity index (χ1) is 13.1. The first-order valence-electron chi connectivity index (χ1n) is 9.30. The summed E-state index contributed by atoms with van der Waals surface area (Å²) in [6.45, 7) is 4.57. The Bertz CT molecular complexity index is 737. The van der Waals surface area contributed by atoms with Crippen LogP contribution in [-0.4, -0.2) is 31.1 Å². The average Bonchev–Trinajstić information content (AvgIpc) is 3.38. The number of rotatable bonds is 7. The van der Waals surface area contributed by atoms with Crippen molar-refractivity contribution in [2.75, 3.05) is 18.0 Å². The Kier molecular flexibility index (Phi) is 6.35. The molecule has 0 aliphatic carbocycles. The Balaban J connectivity index is 1.38. The fourth-order valence-electron chi connectivity index (χ4n) is 3.04. The van der Waals surface area contributed by atoms with E-state index in [9.17, 15) is 9.59 Å². The summed E-state index contributed by atoms with van der Waals surface area (Å²) in [6, 6.07) is 10.7. The van der Waals surface area contributed by atoms with Gasteiger partial charge in [-0.3, -0.25) is 4.79 Å². The zero-order valence-corrected chi connectivity index (χ0v) is 15.5. The molecule has 1 aliphatic rings. The van der Waals surface area contributed by atoms with Gasteiger partial charge in [-0.05, 0) is 49.6 Å². The third-order valence-corrected chi connectivity index (χ3v) is 4.62. The molecule has 3 N–H and O–H groups in total. The third-order valence-electron chi connectivity index (χ3n) is 4.62. The van der Waals surface area contributed by atoms with Crippen LogP contribution in [0.3, 0.4) is 0 Å². The zero-order chi connectivity index (χ0) is 19.1. The number of nitrogens with one attached hydrogen (secondary N) is 3. The number of furan rings is 1. The molecule has 0 saturated carbocycles. The first-order valence-corrected chi connectivity index (χ1v) is 9.30. The van der Waals surface area contributed by atoms with Gasteiger partial charge in [0.2, 0.25) is 5.91 Å². The topological polar surface area (TPSA) is 86.6 Å². The minimum atomic E-state index is -0.641. The first kappa shape index (κ1) is 18.8. The molecule has 7 nitrogen and oxygen atoms in total. The normalized spacial score (nSPS) is 14.6. The van der Waals surface area contributed by atoms with Crippen molar-refractivity contribution in [3.8, 4) is 0 Å². The van der Waals surface area contributed by atoms with Gasteiger partial charge in [-0.1, -0.05) is 12.1 Å². The highest BCUT2D eigenvalue weighted by Crippen LogP contribution is 2.20. The molecule has 7 heteroatoms. The summed E-state index contributed by atoms with van der Waals surface area (Å²) in [5.74, 6) is 0.397. The molecule has 3 rings (SSSR count). The SMILES string of the molecule is CC(NC(=O)NCc1ccc(N2CCCC2)cc1)C(=O)NCc1ccco1. The largest absolute Gasteiger partial charge is 0.467 e. The maximum atomic E-state index is 12.0. The molecule has 1 saturated heterocycles. The maximum Gasteiger partial charge on any atom is 0.315 e. The van der Waals surface area contributed by atoms with Crippen LogP contribution in [0.4, 0.5) is 10.5 Å². The number of carbonyl (C=O) groups is 2. The van der Waals surface area contributed by atoms with E-state index in [1.54, 1.807) is 25.3 Å². The van der Waals surface area contributed by atoms with Crippen LogP contribution in [0, 0.1) is 0 Å². The minimum absolute atomic E-state index is 0.267. The molecule has 1 unspecified atom stereocenters. The lowest BCUT2D eigenvalue weighted by atomic mass is 10.2. The van der Waals surface area contributed by atoms with Gasteiger partial charge >= 0.3 is 6.03 Å². The van der Waals surface area contributed by atoms with Gasteiger partial charge in [0, 0.05) is 25.3 Å². The lowest BCUT2D eigenvalue weighted by Gasteiger charge is -2.18. The van der Waals surface area contributed by atoms with Gasteiger partial charge in [-0.2, -0.15) is 0 Å². The predicted molar refractivity (Wildman–Crippen MR) is 103 cm³/mol. The number of hydrogen-bond acceptors (Lipinski definition) is 4. The summed E-state index contributed by atoms with van der Waals surface area (Å²) in [7, 11) is 0. The number of amides is 3. The molecule has 0 bridgehead atoms. The molecule has 2 aromatic rings. The fraction of sp³-hybridized carbons (Fsp3) is 0.400. The molecule has 144 valence electrons. The molecule has 3 amide bonds. The van der Waals surface area contributed by atoms with Crippen molar-refractivity contribution < 1.29 is 14.0 Å². The molecular weight excluding hydrogens is 344 g/mol. The Morgan fingerprint density at radius 3 is 2.48 bits per heavy atom. The molecule has 2 heterocycles. The predicted octanol–water partition coefficient (Wildman–Crippen LogP) is 2.38. The van der Waals surface area contributed by atoms with Crippen molar-refractivity contribution in [1.82, 2.24) is 16.0 Å². The van der Waals surface area contributed by atoms with Gasteiger partial charge in [0.1, 0.15) is 11.8 Å². The van der Waals surface area contributed by atoms with E-state index >= 15 is 0 Å². The Labute approximate surface area is 159 Å². The monoisotopic (exact) mass is 370 g/mol. The summed E-state index contributed by atoms with van der Waals surface area (Å²) >= 11 is 0. The Morgan fingerprint density at radius 2 is 1.81 bits per heavy atom. The minimum Gasteiger partial charge on any atom is -0.467 e. The van der Waals surface area contributed by atoms with Crippen molar-refractivity contribution >= 4 is 17.6 Å². The molecule has 1 aliphatic heterocycles. The van der Waals surface area contributed by atoms with E-state index in [2.05, 4.69) is 33.0 Å². The fourth-order valence-corrected chi connectivity index (χ4v) is 3.04. The summed E-state index contributed by atoms with van der Waals surface area (Å²) in [5, 5.41) is 8.13. The standard InChI is InChI=1S/C20H26N4O3/c1-15(19(25)21-14-18-5-4-12-27-18)23-20(26)22-13-16-6-8-17(9-7-16)24-10-2-3-11-24/h4-9,12,15H,2-3,10-11,13-14H2,1H3,(H,21,25)(H2,22,23,26). The molecule has 1 atom stereocenters. The van der Waals surface area contributed by atoms with Gasteiger partial charge in [0.15, 0.2) is 0 Å². The quantitative estimate of drug-likeness (QED) is 0.698. The second-order valence-corrected chi connectivity index (χ2v) is 6.71. The van der Waals surface area contributed by atoms with Crippen LogP contribution < -0.4 is 20.9 Å². The number of anilines is 1. The number of urea groups is 1. The van der Waals surface area contributed by atoms with Gasteiger partial charge in [-0.25, -0.2) is 4.79 Å². The lowest BCUT2D eigenvalue weighted by molar-refractivity contribution is -0.122. The molecule has 1 aromatic carbocycles. The van der Waals surface area contributed by atoms with Crippen molar-refractivity contribution in [3.05, 3.63) is 54.0 Å². The van der Waals surface area contributed by atoms with Gasteiger partial charge in [-0.15, -0.1) is 0 Å². The zero-order valence-electron chi connectivity index (χ0n) is 15.5. The smallest absolute Gasteiger partial charge is 0.315 e. The number of carbonyl (C=O) groups excluding carboxylic acids is 2. The summed E-state index contributed by atoms with van der Waals surface area (Å²) in [6.07, 6.45) is 4.04. The van der Waals surface area contributed by atoms with E-state index in [4.69, 9.17) is 4.42 Å². The van der Waals surface area contributed by atoms with Gasteiger partial charge in [0.05, 0.1) is 12.8 Å². The second kappa shape index (κ2) is 9.12. The van der Waals surface area contributed by atoms with E-state index < -0.39 is 6.04 Å². The number of hydrogen-bond donors (Lipinski definition) is 3. The van der Waals surface area contributed by atoms with Crippen LogP contribution in [-0.2, 0) is 17.9 Å². The van der Waals surface area contributed by atoms with Gasteiger partial charge in [0.25, 0.3) is 0 Å². The van der Waals surface area contributed by atoms with Crippen molar-refractivity contribution in [2.24, 2.45) is 0 Å². The number of benzene rings is 1. The summed E-state index contributed by atoms with van der Waals surface area (Å²) in [4.78, 5) is 26.4. The van der Waals surface area contributed by atoms with Crippen LogP contribution >= 0.6 is 0 Å². The number of nitrogens with zero attached hydrogens (tertiary/aromatic N) is 1. The Morgan fingerprint density at radius 1 is 1.07 bits per heavy atom. The highest BCUT2D eigenvalue weighted by Gasteiger charge is 2.15. The van der Waals surface area contributed by atoms with Crippen LogP contribution in [0.1, 0.15) is 31.1 Å². The van der Waals surface area contributed by atoms with Gasteiger partial charge < -0.3 is 25.3 Å². The highest BCUT2D eigenvalue weighted by molar-refractivity contribution is 5.86.